The lowest BCUT2D eigenvalue weighted by Crippen LogP contribution is -2.27. The molecule has 0 saturated heterocycles. The van der Waals surface area contributed by atoms with Crippen LogP contribution < -0.4 is 21.3 Å². The second kappa shape index (κ2) is 6.33. The zero-order valence-corrected chi connectivity index (χ0v) is 10.8. The van der Waals surface area contributed by atoms with Crippen molar-refractivity contribution in [3.63, 3.8) is 0 Å². The van der Waals surface area contributed by atoms with E-state index in [9.17, 15) is 14.9 Å². The van der Waals surface area contributed by atoms with Crippen LogP contribution in [0, 0.1) is 10.1 Å². The lowest BCUT2D eigenvalue weighted by atomic mass is 10.4. The Labute approximate surface area is 109 Å². The Morgan fingerprint density at radius 3 is 2.32 bits per heavy atom. The first-order valence-corrected chi connectivity index (χ1v) is 5.39. The van der Waals surface area contributed by atoms with Crippen LogP contribution in [0.4, 0.5) is 23.3 Å². The largest absolute Gasteiger partial charge is 0.367 e. The summed E-state index contributed by atoms with van der Waals surface area (Å²) in [5, 5.41) is 21.3. The van der Waals surface area contributed by atoms with Crippen LogP contribution in [-0.4, -0.2) is 48.5 Å². The van der Waals surface area contributed by atoms with Gasteiger partial charge in [-0.3, -0.25) is 14.9 Å². The highest BCUT2D eigenvalue weighted by atomic mass is 16.6. The number of nitrogens with one attached hydrogen (secondary N) is 4. The molecule has 1 aromatic heterocycles. The Balaban J connectivity index is 3.17. The molecule has 10 nitrogen and oxygen atoms in total. The van der Waals surface area contributed by atoms with Crippen LogP contribution >= 0.6 is 0 Å². The molecule has 0 aliphatic heterocycles. The second-order valence-electron chi connectivity index (χ2n) is 3.38. The molecule has 104 valence electrons. The van der Waals surface area contributed by atoms with Gasteiger partial charge < -0.3 is 21.3 Å². The second-order valence-corrected chi connectivity index (χ2v) is 3.38. The fourth-order valence-corrected chi connectivity index (χ4v) is 1.29. The molecule has 10 heteroatoms. The number of likely N-dealkylation sites (N-methyl/N-ethyl adjacent to an activating group) is 1. The molecule has 0 atom stereocenters. The third-order valence-corrected chi connectivity index (χ3v) is 2.22. The van der Waals surface area contributed by atoms with Crippen molar-refractivity contribution in [3.05, 3.63) is 10.1 Å². The molecular formula is C9H15N7O3. The van der Waals surface area contributed by atoms with Crippen LogP contribution in [0.5, 0.6) is 0 Å². The van der Waals surface area contributed by atoms with Gasteiger partial charge in [0.25, 0.3) is 0 Å². The van der Waals surface area contributed by atoms with Crippen molar-refractivity contribution >= 4 is 29.2 Å². The average molecular weight is 269 g/mol. The summed E-state index contributed by atoms with van der Waals surface area (Å²) in [7, 11) is 4.57. The normalized spacial score (nSPS) is 9.63. The predicted molar refractivity (Wildman–Crippen MR) is 70.3 cm³/mol. The van der Waals surface area contributed by atoms with Gasteiger partial charge in [0.15, 0.2) is 0 Å². The molecule has 0 saturated carbocycles. The number of rotatable bonds is 6. The van der Waals surface area contributed by atoms with Crippen molar-refractivity contribution in [2.45, 2.75) is 0 Å². The molecule has 0 aromatic carbocycles. The third kappa shape index (κ3) is 3.40. The lowest BCUT2D eigenvalue weighted by Gasteiger charge is -2.10. The summed E-state index contributed by atoms with van der Waals surface area (Å²) in [6.45, 7) is -0.124. The number of nitrogens with zero attached hydrogens (tertiary/aromatic N) is 3. The Bertz CT molecular complexity index is 491. The maximum Gasteiger partial charge on any atom is 0.353 e. The van der Waals surface area contributed by atoms with Gasteiger partial charge in [-0.2, -0.15) is 9.97 Å². The molecule has 0 aliphatic carbocycles. The molecule has 0 unspecified atom stereocenters. The zero-order chi connectivity index (χ0) is 14.4. The number of hydrogen-bond donors (Lipinski definition) is 4. The van der Waals surface area contributed by atoms with Crippen molar-refractivity contribution in [2.75, 3.05) is 43.6 Å². The number of nitro groups is 1. The molecule has 0 fully saturated rings. The first-order valence-electron chi connectivity index (χ1n) is 5.39. The maximum atomic E-state index is 11.2. The van der Waals surface area contributed by atoms with E-state index in [1.807, 2.05) is 0 Å². The molecule has 4 N–H and O–H groups in total. The molecule has 1 amide bonds. The summed E-state index contributed by atoms with van der Waals surface area (Å²) in [5.41, 5.74) is -0.314. The smallest absolute Gasteiger partial charge is 0.353 e. The minimum Gasteiger partial charge on any atom is -0.367 e. The van der Waals surface area contributed by atoms with Crippen LogP contribution in [0.15, 0.2) is 0 Å². The van der Waals surface area contributed by atoms with Gasteiger partial charge in [-0.05, 0) is 0 Å². The van der Waals surface area contributed by atoms with Crippen molar-refractivity contribution in [3.8, 4) is 0 Å². The molecule has 1 rings (SSSR count). The molecule has 0 spiro atoms. The minimum absolute atomic E-state index is 0.0303. The summed E-state index contributed by atoms with van der Waals surface area (Å²) in [5.74, 6) is -0.0830. The van der Waals surface area contributed by atoms with E-state index in [1.165, 1.54) is 14.1 Å². The van der Waals surface area contributed by atoms with Gasteiger partial charge in [-0.25, -0.2) is 0 Å². The number of carbonyl (C=O) groups excluding carboxylic acids is 1. The highest BCUT2D eigenvalue weighted by Gasteiger charge is 2.24. The van der Waals surface area contributed by atoms with Gasteiger partial charge in [0, 0.05) is 21.1 Å². The maximum absolute atomic E-state index is 11.2. The van der Waals surface area contributed by atoms with Gasteiger partial charge in [0.1, 0.15) is 0 Å². The van der Waals surface area contributed by atoms with E-state index in [1.54, 1.807) is 7.05 Å². The Morgan fingerprint density at radius 1 is 1.21 bits per heavy atom. The number of aromatic nitrogens is 2. The van der Waals surface area contributed by atoms with Crippen LogP contribution in [0.25, 0.3) is 0 Å². The lowest BCUT2D eigenvalue weighted by molar-refractivity contribution is -0.383. The topological polar surface area (TPSA) is 134 Å². The fourth-order valence-electron chi connectivity index (χ4n) is 1.29. The summed E-state index contributed by atoms with van der Waals surface area (Å²) in [6.07, 6.45) is 0. The molecule has 0 radical (unpaired) electrons. The van der Waals surface area contributed by atoms with Crippen LogP contribution in [0.3, 0.4) is 0 Å². The van der Waals surface area contributed by atoms with E-state index < -0.39 is 4.92 Å². The Hall–Kier alpha value is -2.65. The number of anilines is 3. The highest BCUT2D eigenvalue weighted by molar-refractivity contribution is 5.82. The van der Waals surface area contributed by atoms with Crippen molar-refractivity contribution in [2.24, 2.45) is 0 Å². The molecule has 19 heavy (non-hydrogen) atoms. The first kappa shape index (κ1) is 14.4. The molecule has 1 heterocycles. The quantitative estimate of drug-likeness (QED) is 0.406. The van der Waals surface area contributed by atoms with Crippen molar-refractivity contribution in [1.29, 1.82) is 0 Å². The number of amides is 1. The van der Waals surface area contributed by atoms with Crippen LogP contribution in [-0.2, 0) is 4.79 Å². The summed E-state index contributed by atoms with van der Waals surface area (Å²) < 4.78 is 0. The van der Waals surface area contributed by atoms with Gasteiger partial charge in [-0.1, -0.05) is 0 Å². The third-order valence-electron chi connectivity index (χ3n) is 2.22. The van der Waals surface area contributed by atoms with Gasteiger partial charge in [0.05, 0.1) is 11.5 Å². The van der Waals surface area contributed by atoms with Crippen LogP contribution in [0.2, 0.25) is 0 Å². The van der Waals surface area contributed by atoms with E-state index in [0.29, 0.717) is 0 Å². The summed E-state index contributed by atoms with van der Waals surface area (Å²) in [4.78, 5) is 29.4. The minimum atomic E-state index is -0.614. The monoisotopic (exact) mass is 269 g/mol. The molecule has 0 aliphatic rings. The number of carbonyl (C=O) groups is 1. The Kier molecular flexibility index (Phi) is 4.80. The Morgan fingerprint density at radius 2 is 1.84 bits per heavy atom. The summed E-state index contributed by atoms with van der Waals surface area (Å²) in [6, 6.07) is 0. The van der Waals surface area contributed by atoms with Gasteiger partial charge in [0.2, 0.25) is 23.5 Å². The summed E-state index contributed by atoms with van der Waals surface area (Å²) >= 11 is 0. The average Bonchev–Trinajstić information content (AvgIpc) is 2.42. The number of hydrogen-bond acceptors (Lipinski definition) is 8. The SMILES string of the molecule is CNC(=O)CNc1nc(NC)nc(NC)c1[N+](=O)[O-]. The standard InChI is InChI=1S/C9H15N7O3/c1-10-5(17)4-13-8-6(16(18)19)7(11-2)14-9(12-3)15-8/h4H2,1-3H3,(H,10,17)(H3,11,12,13,14,15). The van der Waals surface area contributed by atoms with E-state index in [0.717, 1.165) is 0 Å². The molecule has 0 bridgehead atoms. The van der Waals surface area contributed by atoms with E-state index >= 15 is 0 Å². The van der Waals surface area contributed by atoms with Crippen molar-refractivity contribution < 1.29 is 9.72 Å². The molecule has 1 aromatic rings. The van der Waals surface area contributed by atoms with Crippen LogP contribution in [0.1, 0.15) is 0 Å². The first-order chi connectivity index (χ1) is 9.03. The molecular weight excluding hydrogens is 254 g/mol. The van der Waals surface area contributed by atoms with Crippen molar-refractivity contribution in [1.82, 2.24) is 15.3 Å². The van der Waals surface area contributed by atoms with Gasteiger partial charge >= 0.3 is 5.69 Å². The van der Waals surface area contributed by atoms with Gasteiger partial charge in [-0.15, -0.1) is 0 Å². The van der Waals surface area contributed by atoms with E-state index in [4.69, 9.17) is 0 Å². The van der Waals surface area contributed by atoms with E-state index in [-0.39, 0.29) is 35.7 Å². The predicted octanol–water partition coefficient (Wildman–Crippen LogP) is -0.374. The zero-order valence-electron chi connectivity index (χ0n) is 10.8. The van der Waals surface area contributed by atoms with E-state index in [2.05, 4.69) is 31.2 Å². The highest BCUT2D eigenvalue weighted by Crippen LogP contribution is 2.30. The fraction of sp³-hybridized carbons (Fsp3) is 0.444.